The van der Waals surface area contributed by atoms with Crippen LogP contribution in [-0.2, 0) is 4.79 Å². The minimum atomic E-state index is 0.0223. The van der Waals surface area contributed by atoms with Gasteiger partial charge in [-0.2, -0.15) is 0 Å². The van der Waals surface area contributed by atoms with Gasteiger partial charge in [0.25, 0.3) is 0 Å². The number of nitrogens with zero attached hydrogens (tertiary/aromatic N) is 2. The van der Waals surface area contributed by atoms with Gasteiger partial charge in [-0.1, -0.05) is 20.8 Å². The molecule has 104 valence electrons. The molecule has 0 spiro atoms. The molecule has 0 aliphatic carbocycles. The number of hydrogen-bond donors (Lipinski definition) is 1. The van der Waals surface area contributed by atoms with E-state index in [1.807, 2.05) is 0 Å². The highest BCUT2D eigenvalue weighted by molar-refractivity contribution is 5.84. The number of hydrogen-bond acceptors (Lipinski definition) is 3. The minimum absolute atomic E-state index is 0.0223. The molecule has 2 aliphatic rings. The monoisotopic (exact) mass is 253 g/mol. The molecule has 18 heavy (non-hydrogen) atoms. The molecule has 0 radical (unpaired) electrons. The second-order valence-electron chi connectivity index (χ2n) is 6.22. The van der Waals surface area contributed by atoms with E-state index in [1.165, 1.54) is 13.0 Å². The molecule has 0 aromatic carbocycles. The maximum absolute atomic E-state index is 12.4. The van der Waals surface area contributed by atoms with E-state index in [0.29, 0.717) is 17.7 Å². The van der Waals surface area contributed by atoms with Gasteiger partial charge in [-0.05, 0) is 38.3 Å². The van der Waals surface area contributed by atoms with E-state index in [2.05, 4.69) is 42.9 Å². The smallest absolute Gasteiger partial charge is 0.241 e. The van der Waals surface area contributed by atoms with E-state index in [4.69, 9.17) is 0 Å². The van der Waals surface area contributed by atoms with Gasteiger partial charge in [-0.3, -0.25) is 10.1 Å². The molecule has 0 aromatic rings. The van der Waals surface area contributed by atoms with Crippen LogP contribution in [0, 0.1) is 11.8 Å². The van der Waals surface area contributed by atoms with Gasteiger partial charge in [-0.15, -0.1) is 0 Å². The maximum Gasteiger partial charge on any atom is 0.241 e. The average Bonchev–Trinajstić information content (AvgIpc) is 2.85. The van der Waals surface area contributed by atoms with Crippen LogP contribution in [-0.4, -0.2) is 54.6 Å². The topological polar surface area (TPSA) is 35.6 Å². The lowest BCUT2D eigenvalue weighted by molar-refractivity contribution is -0.131. The van der Waals surface area contributed by atoms with E-state index in [0.717, 1.165) is 19.5 Å². The molecule has 0 bridgehead atoms. The Bertz CT molecular complexity index is 305. The summed E-state index contributed by atoms with van der Waals surface area (Å²) in [7, 11) is 2.16. The first kappa shape index (κ1) is 13.8. The van der Waals surface area contributed by atoms with Crippen molar-refractivity contribution < 1.29 is 4.79 Å². The van der Waals surface area contributed by atoms with Gasteiger partial charge in [0, 0.05) is 13.1 Å². The normalized spacial score (nSPS) is 33.9. The lowest BCUT2D eigenvalue weighted by Gasteiger charge is -2.26. The first-order chi connectivity index (χ1) is 8.52. The van der Waals surface area contributed by atoms with Crippen LogP contribution in [0.15, 0.2) is 0 Å². The lowest BCUT2D eigenvalue weighted by Crippen LogP contribution is -2.40. The van der Waals surface area contributed by atoms with Crippen LogP contribution in [0.3, 0.4) is 0 Å². The largest absolute Gasteiger partial charge is 0.325 e. The minimum Gasteiger partial charge on any atom is -0.325 e. The Morgan fingerprint density at radius 2 is 2.17 bits per heavy atom. The van der Waals surface area contributed by atoms with E-state index < -0.39 is 0 Å². The van der Waals surface area contributed by atoms with Gasteiger partial charge >= 0.3 is 0 Å². The summed E-state index contributed by atoms with van der Waals surface area (Å²) in [4.78, 5) is 16.9. The molecular formula is C14H27N3O. The van der Waals surface area contributed by atoms with Gasteiger partial charge in [0.15, 0.2) is 0 Å². The first-order valence-corrected chi connectivity index (χ1v) is 7.28. The number of rotatable bonds is 4. The van der Waals surface area contributed by atoms with Crippen molar-refractivity contribution in [3.63, 3.8) is 0 Å². The third-order valence-electron chi connectivity index (χ3n) is 4.29. The van der Waals surface area contributed by atoms with Crippen LogP contribution < -0.4 is 5.32 Å². The second kappa shape index (κ2) is 5.57. The lowest BCUT2D eigenvalue weighted by atomic mass is 10.0. The Labute approximate surface area is 111 Å². The van der Waals surface area contributed by atoms with Crippen LogP contribution in [0.25, 0.3) is 0 Å². The average molecular weight is 253 g/mol. The van der Waals surface area contributed by atoms with Gasteiger partial charge in [-0.25, -0.2) is 0 Å². The highest BCUT2D eigenvalue weighted by Crippen LogP contribution is 2.23. The Balaban J connectivity index is 1.99. The number of likely N-dealkylation sites (tertiary alicyclic amines) is 1. The highest BCUT2D eigenvalue weighted by Gasteiger charge is 2.40. The maximum atomic E-state index is 12.4. The summed E-state index contributed by atoms with van der Waals surface area (Å²) in [6.45, 7) is 9.63. The van der Waals surface area contributed by atoms with Crippen molar-refractivity contribution in [1.29, 1.82) is 0 Å². The molecule has 3 unspecified atom stereocenters. The second-order valence-corrected chi connectivity index (χ2v) is 6.22. The molecule has 2 saturated heterocycles. The molecule has 2 fully saturated rings. The summed E-state index contributed by atoms with van der Waals surface area (Å²) in [5.74, 6) is 1.34. The predicted octanol–water partition coefficient (Wildman–Crippen LogP) is 1.13. The summed E-state index contributed by atoms with van der Waals surface area (Å²) in [5, 5.41) is 3.49. The van der Waals surface area contributed by atoms with Crippen molar-refractivity contribution >= 4 is 5.91 Å². The standard InChI is InChI=1S/C14H27N3O/c1-5-12-15-13(10(2)3)14(18)17(12)9-11-6-7-16(4)8-11/h10-13,15H,5-9H2,1-4H3. The van der Waals surface area contributed by atoms with Gasteiger partial charge in [0.1, 0.15) is 0 Å². The molecule has 2 aliphatic heterocycles. The highest BCUT2D eigenvalue weighted by atomic mass is 16.2. The Kier molecular flexibility index (Phi) is 4.28. The SMILES string of the molecule is CCC1NC(C(C)C)C(=O)N1CC1CCN(C)C1. The Morgan fingerprint density at radius 3 is 2.67 bits per heavy atom. The molecule has 0 saturated carbocycles. The van der Waals surface area contributed by atoms with Crippen molar-refractivity contribution in [2.24, 2.45) is 11.8 Å². The molecule has 1 N–H and O–H groups in total. The van der Waals surface area contributed by atoms with Gasteiger partial charge < -0.3 is 9.80 Å². The fourth-order valence-corrected chi connectivity index (χ4v) is 3.19. The van der Waals surface area contributed by atoms with Crippen molar-refractivity contribution in [2.75, 3.05) is 26.7 Å². The van der Waals surface area contributed by atoms with Crippen LogP contribution in [0.5, 0.6) is 0 Å². The number of carbonyl (C=O) groups is 1. The van der Waals surface area contributed by atoms with Crippen LogP contribution in [0.1, 0.15) is 33.6 Å². The zero-order valence-corrected chi connectivity index (χ0v) is 12.1. The molecular weight excluding hydrogens is 226 g/mol. The first-order valence-electron chi connectivity index (χ1n) is 7.28. The van der Waals surface area contributed by atoms with Crippen LogP contribution >= 0.6 is 0 Å². The molecule has 2 heterocycles. The molecule has 3 atom stereocenters. The fraction of sp³-hybridized carbons (Fsp3) is 0.929. The van der Waals surface area contributed by atoms with Crippen molar-refractivity contribution in [3.05, 3.63) is 0 Å². The van der Waals surface area contributed by atoms with Crippen LogP contribution in [0.4, 0.5) is 0 Å². The van der Waals surface area contributed by atoms with E-state index in [9.17, 15) is 4.79 Å². The van der Waals surface area contributed by atoms with E-state index in [-0.39, 0.29) is 12.2 Å². The number of carbonyl (C=O) groups excluding carboxylic acids is 1. The third kappa shape index (κ3) is 2.69. The van der Waals surface area contributed by atoms with Gasteiger partial charge in [0.2, 0.25) is 5.91 Å². The summed E-state index contributed by atoms with van der Waals surface area (Å²) >= 11 is 0. The summed E-state index contributed by atoms with van der Waals surface area (Å²) in [6, 6.07) is 0.0223. The Morgan fingerprint density at radius 1 is 1.44 bits per heavy atom. The molecule has 2 rings (SSSR count). The number of nitrogens with one attached hydrogen (secondary N) is 1. The summed E-state index contributed by atoms with van der Waals surface area (Å²) in [6.07, 6.45) is 2.47. The zero-order chi connectivity index (χ0) is 13.3. The molecule has 4 heteroatoms. The molecule has 1 amide bonds. The third-order valence-corrected chi connectivity index (χ3v) is 4.29. The predicted molar refractivity (Wildman–Crippen MR) is 73.2 cm³/mol. The molecule has 4 nitrogen and oxygen atoms in total. The van der Waals surface area contributed by atoms with E-state index >= 15 is 0 Å². The number of amides is 1. The van der Waals surface area contributed by atoms with Crippen molar-refractivity contribution in [3.8, 4) is 0 Å². The van der Waals surface area contributed by atoms with E-state index in [1.54, 1.807) is 0 Å². The van der Waals surface area contributed by atoms with Crippen molar-refractivity contribution in [1.82, 2.24) is 15.1 Å². The van der Waals surface area contributed by atoms with Crippen LogP contribution in [0.2, 0.25) is 0 Å². The van der Waals surface area contributed by atoms with Gasteiger partial charge in [0.05, 0.1) is 12.2 Å². The summed E-state index contributed by atoms with van der Waals surface area (Å²) in [5.41, 5.74) is 0. The fourth-order valence-electron chi connectivity index (χ4n) is 3.19. The Hall–Kier alpha value is -0.610. The quantitative estimate of drug-likeness (QED) is 0.816. The summed E-state index contributed by atoms with van der Waals surface area (Å²) < 4.78 is 0. The molecule has 0 aromatic heterocycles. The zero-order valence-electron chi connectivity index (χ0n) is 12.1. The van der Waals surface area contributed by atoms with Crippen molar-refractivity contribution in [2.45, 2.75) is 45.8 Å².